The van der Waals surface area contributed by atoms with Crippen molar-refractivity contribution in [2.24, 2.45) is 5.92 Å². The molecule has 4 heteroatoms. The average Bonchev–Trinajstić information content (AvgIpc) is 1.88. The van der Waals surface area contributed by atoms with E-state index in [4.69, 9.17) is 17.0 Å². The van der Waals surface area contributed by atoms with Crippen LogP contribution in [-0.4, -0.2) is 17.7 Å². The largest absolute Gasteiger partial charge is 0.396 e. The molecular weight excluding hydrogens is 156 g/mol. The Labute approximate surface area is 65.1 Å². The molecule has 0 heterocycles. The van der Waals surface area contributed by atoms with Crippen LogP contribution >= 0.6 is 11.9 Å². The number of hydrogen-bond donors (Lipinski definition) is 1. The van der Waals surface area contributed by atoms with Gasteiger partial charge >= 0.3 is 5.97 Å². The summed E-state index contributed by atoms with van der Waals surface area (Å²) in [5.74, 6) is -0.307. The van der Waals surface area contributed by atoms with Gasteiger partial charge in [0.2, 0.25) is 0 Å². The van der Waals surface area contributed by atoms with Gasteiger partial charge in [0.25, 0.3) is 0 Å². The molecule has 0 saturated carbocycles. The van der Waals surface area contributed by atoms with Gasteiger partial charge in [-0.05, 0) is 12.3 Å². The lowest BCUT2D eigenvalue weighted by Gasteiger charge is -2.04. The number of halogens is 1. The van der Waals surface area contributed by atoms with Crippen molar-refractivity contribution in [1.82, 2.24) is 0 Å². The molecule has 0 aromatic carbocycles. The number of aliphatic hydroxyl groups excluding tert-OH is 1. The lowest BCUT2D eigenvalue weighted by Crippen LogP contribution is -2.06. The van der Waals surface area contributed by atoms with Crippen LogP contribution in [0.3, 0.4) is 0 Å². The fourth-order valence-corrected chi connectivity index (χ4v) is 0.701. The molecule has 0 spiro atoms. The van der Waals surface area contributed by atoms with Gasteiger partial charge in [0.05, 0.1) is 0 Å². The number of aliphatic hydroxyl groups is 1. The predicted molar refractivity (Wildman–Crippen MR) is 37.4 cm³/mol. The van der Waals surface area contributed by atoms with E-state index in [1.807, 2.05) is 6.92 Å². The van der Waals surface area contributed by atoms with E-state index in [2.05, 4.69) is 4.29 Å². The molecule has 1 N–H and O–H groups in total. The van der Waals surface area contributed by atoms with E-state index in [9.17, 15) is 4.79 Å². The molecule has 0 aliphatic heterocycles. The van der Waals surface area contributed by atoms with E-state index in [0.717, 1.165) is 0 Å². The van der Waals surface area contributed by atoms with Gasteiger partial charge in [-0.1, -0.05) is 6.92 Å². The highest BCUT2D eigenvalue weighted by molar-refractivity contribution is 6.13. The van der Waals surface area contributed by atoms with Crippen molar-refractivity contribution in [2.45, 2.75) is 19.8 Å². The van der Waals surface area contributed by atoms with Crippen molar-refractivity contribution in [2.75, 3.05) is 6.61 Å². The van der Waals surface area contributed by atoms with Gasteiger partial charge in [-0.3, -0.25) is 4.79 Å². The molecule has 1 atom stereocenters. The Kier molecular flexibility index (Phi) is 5.35. The van der Waals surface area contributed by atoms with E-state index in [0.29, 0.717) is 6.42 Å². The first-order valence-electron chi connectivity index (χ1n) is 3.13. The van der Waals surface area contributed by atoms with E-state index in [-0.39, 0.29) is 18.9 Å². The number of hydrogen-bond acceptors (Lipinski definition) is 3. The molecule has 0 rings (SSSR count). The Morgan fingerprint density at radius 1 is 1.80 bits per heavy atom. The monoisotopic (exact) mass is 166 g/mol. The van der Waals surface area contributed by atoms with Crippen LogP contribution in [-0.2, 0) is 9.08 Å². The third-order valence-electron chi connectivity index (χ3n) is 1.22. The van der Waals surface area contributed by atoms with Crippen molar-refractivity contribution in [3.63, 3.8) is 0 Å². The molecule has 60 valence electrons. The van der Waals surface area contributed by atoms with Crippen LogP contribution < -0.4 is 0 Å². The van der Waals surface area contributed by atoms with Crippen LogP contribution in [0.4, 0.5) is 0 Å². The molecular formula is C6H11ClO3. The van der Waals surface area contributed by atoms with Gasteiger partial charge in [0.1, 0.15) is 11.9 Å². The maximum Gasteiger partial charge on any atom is 0.325 e. The van der Waals surface area contributed by atoms with Crippen molar-refractivity contribution in [1.29, 1.82) is 0 Å². The Morgan fingerprint density at radius 2 is 2.40 bits per heavy atom. The minimum Gasteiger partial charge on any atom is -0.396 e. The first-order chi connectivity index (χ1) is 4.70. The summed E-state index contributed by atoms with van der Waals surface area (Å²) in [5, 5.41) is 8.44. The summed E-state index contributed by atoms with van der Waals surface area (Å²) in [6.07, 6.45) is 0.871. The van der Waals surface area contributed by atoms with Gasteiger partial charge in [-0.2, -0.15) is 0 Å². The van der Waals surface area contributed by atoms with E-state index in [1.165, 1.54) is 0 Å². The highest BCUT2D eigenvalue weighted by Gasteiger charge is 2.08. The van der Waals surface area contributed by atoms with Gasteiger partial charge < -0.3 is 9.40 Å². The maximum absolute atomic E-state index is 10.5. The molecule has 0 aromatic rings. The van der Waals surface area contributed by atoms with E-state index >= 15 is 0 Å². The number of carbonyl (C=O) groups is 1. The first-order valence-corrected chi connectivity index (χ1v) is 3.43. The quantitative estimate of drug-likeness (QED) is 0.680. The second-order valence-corrected chi connectivity index (χ2v) is 2.43. The normalized spacial score (nSPS) is 12.7. The number of rotatable bonds is 4. The van der Waals surface area contributed by atoms with E-state index in [1.54, 1.807) is 0 Å². The standard InChI is InChI=1S/C6H11ClO3/c1-5(2-3-8)4-6(9)10-7/h5,8H,2-4H2,1H3. The van der Waals surface area contributed by atoms with Gasteiger partial charge in [-0.15, -0.1) is 0 Å². The summed E-state index contributed by atoms with van der Waals surface area (Å²) in [6, 6.07) is 0. The maximum atomic E-state index is 10.5. The second kappa shape index (κ2) is 5.50. The highest BCUT2D eigenvalue weighted by atomic mass is 35.5. The Bertz CT molecular complexity index is 105. The second-order valence-electron chi connectivity index (χ2n) is 2.27. The minimum atomic E-state index is -0.442. The fourth-order valence-electron chi connectivity index (χ4n) is 0.638. The zero-order valence-electron chi connectivity index (χ0n) is 5.84. The van der Waals surface area contributed by atoms with Crippen molar-refractivity contribution in [3.05, 3.63) is 0 Å². The lowest BCUT2D eigenvalue weighted by molar-refractivity contribution is -0.134. The zero-order valence-corrected chi connectivity index (χ0v) is 6.60. The van der Waals surface area contributed by atoms with Crippen LogP contribution in [0.15, 0.2) is 0 Å². The smallest absolute Gasteiger partial charge is 0.325 e. The molecule has 3 nitrogen and oxygen atoms in total. The van der Waals surface area contributed by atoms with Gasteiger partial charge in [-0.25, -0.2) is 0 Å². The van der Waals surface area contributed by atoms with Crippen LogP contribution in [0.5, 0.6) is 0 Å². The molecule has 0 radical (unpaired) electrons. The molecule has 0 aromatic heterocycles. The SMILES string of the molecule is CC(CCO)CC(=O)OCl. The summed E-state index contributed by atoms with van der Waals surface area (Å²) in [6.45, 7) is 1.95. The van der Waals surface area contributed by atoms with Crippen LogP contribution in [0, 0.1) is 5.92 Å². The average molecular weight is 167 g/mol. The summed E-state index contributed by atoms with van der Waals surface area (Å²) >= 11 is 4.78. The Hall–Kier alpha value is -0.280. The Balaban J connectivity index is 3.37. The molecule has 0 bridgehead atoms. The van der Waals surface area contributed by atoms with Crippen LogP contribution in [0.2, 0.25) is 0 Å². The summed E-state index contributed by atoms with van der Waals surface area (Å²) in [7, 11) is 0. The van der Waals surface area contributed by atoms with E-state index < -0.39 is 5.97 Å². The molecule has 0 fully saturated rings. The molecule has 0 aliphatic carbocycles. The third kappa shape index (κ3) is 4.58. The van der Waals surface area contributed by atoms with Crippen LogP contribution in [0.25, 0.3) is 0 Å². The highest BCUT2D eigenvalue weighted by Crippen LogP contribution is 2.07. The molecule has 0 amide bonds. The first kappa shape index (κ1) is 9.72. The third-order valence-corrected chi connectivity index (χ3v) is 1.40. The fraction of sp³-hybridized carbons (Fsp3) is 0.833. The molecule has 1 unspecified atom stereocenters. The molecule has 0 saturated heterocycles. The van der Waals surface area contributed by atoms with Gasteiger partial charge in [0, 0.05) is 13.0 Å². The summed E-state index contributed by atoms with van der Waals surface area (Å²) in [5.41, 5.74) is 0. The Morgan fingerprint density at radius 3 is 2.80 bits per heavy atom. The van der Waals surface area contributed by atoms with Crippen molar-refractivity contribution in [3.8, 4) is 0 Å². The van der Waals surface area contributed by atoms with Gasteiger partial charge in [0.15, 0.2) is 0 Å². The lowest BCUT2D eigenvalue weighted by atomic mass is 10.1. The zero-order chi connectivity index (χ0) is 7.98. The summed E-state index contributed by atoms with van der Waals surface area (Å²) < 4.78 is 3.92. The topological polar surface area (TPSA) is 46.5 Å². The van der Waals surface area contributed by atoms with Crippen molar-refractivity contribution < 1.29 is 14.2 Å². The number of carbonyl (C=O) groups excluding carboxylic acids is 1. The summed E-state index contributed by atoms with van der Waals surface area (Å²) in [4.78, 5) is 10.5. The van der Waals surface area contributed by atoms with Crippen LogP contribution in [0.1, 0.15) is 19.8 Å². The predicted octanol–water partition coefficient (Wildman–Crippen LogP) is 1.09. The molecule has 0 aliphatic rings. The van der Waals surface area contributed by atoms with Crippen molar-refractivity contribution >= 4 is 17.8 Å². The molecule has 10 heavy (non-hydrogen) atoms. The minimum absolute atomic E-state index is 0.0940.